The molecule has 0 aliphatic carbocycles. The van der Waals surface area contributed by atoms with Crippen molar-refractivity contribution in [2.45, 2.75) is 19.3 Å². The second-order valence-electron chi connectivity index (χ2n) is 2.31. The first-order valence-electron chi connectivity index (χ1n) is 3.74. The molecule has 0 bridgehead atoms. The lowest BCUT2D eigenvalue weighted by atomic mass is 10.2. The van der Waals surface area contributed by atoms with Gasteiger partial charge in [0.25, 0.3) is 0 Å². The highest BCUT2D eigenvalue weighted by molar-refractivity contribution is 7.46. The van der Waals surface area contributed by atoms with E-state index in [-0.39, 0.29) is 19.3 Å². The molecule has 0 fully saturated rings. The third-order valence-corrected chi connectivity index (χ3v) is 1.49. The normalized spacial score (nSPS) is 10.1. The summed E-state index contributed by atoms with van der Waals surface area (Å²) in [4.78, 5) is 35.0. The second-order valence-corrected chi connectivity index (χ2v) is 3.66. The molecule has 0 radical (unpaired) electrons. The Morgan fingerprint density at radius 1 is 1.13 bits per heavy atom. The third kappa shape index (κ3) is 24.6. The molecule has 4 N–H and O–H groups in total. The van der Waals surface area contributed by atoms with E-state index < -0.39 is 19.8 Å². The summed E-state index contributed by atoms with van der Waals surface area (Å²) >= 11 is 0. The van der Waals surface area contributed by atoms with Crippen molar-refractivity contribution in [3.8, 4) is 0 Å². The van der Waals surface area contributed by atoms with Crippen LogP contribution in [0.1, 0.15) is 19.3 Å². The number of phosphoric acid groups is 1. The van der Waals surface area contributed by atoms with Crippen molar-refractivity contribution in [1.82, 2.24) is 0 Å². The zero-order valence-electron chi connectivity index (χ0n) is 7.99. The van der Waals surface area contributed by atoms with Gasteiger partial charge in [-0.25, -0.2) is 4.57 Å². The standard InChI is InChI=1S/C5H8O4.CH5O4P/c6-4(7)2-1-3-5(8)9;1-5-6(2,3)4/h1-3H2,(H,6,7)(H,8,9);1H3,(H2,2,3,4). The molecule has 0 aromatic heterocycles. The molecule has 0 aliphatic rings. The van der Waals surface area contributed by atoms with Gasteiger partial charge in [0.1, 0.15) is 0 Å². The van der Waals surface area contributed by atoms with E-state index in [4.69, 9.17) is 20.0 Å². The maximum atomic E-state index is 9.79. The Kier molecular flexibility index (Phi) is 9.19. The number of phosphoric ester groups is 1. The van der Waals surface area contributed by atoms with Gasteiger partial charge in [-0.05, 0) is 6.42 Å². The number of hydrogen-bond acceptors (Lipinski definition) is 4. The van der Waals surface area contributed by atoms with Crippen LogP contribution in [0.5, 0.6) is 0 Å². The van der Waals surface area contributed by atoms with Crippen molar-refractivity contribution in [1.29, 1.82) is 0 Å². The van der Waals surface area contributed by atoms with Crippen LogP contribution in [-0.4, -0.2) is 39.0 Å². The molecule has 8 nitrogen and oxygen atoms in total. The van der Waals surface area contributed by atoms with Gasteiger partial charge >= 0.3 is 19.8 Å². The van der Waals surface area contributed by atoms with Crippen LogP contribution in [0.2, 0.25) is 0 Å². The predicted molar refractivity (Wildman–Crippen MR) is 48.2 cm³/mol. The summed E-state index contributed by atoms with van der Waals surface area (Å²) in [5, 5.41) is 16.1. The monoisotopic (exact) mass is 244 g/mol. The minimum Gasteiger partial charge on any atom is -0.481 e. The number of carbonyl (C=O) groups is 2. The molecule has 0 aromatic rings. The average molecular weight is 244 g/mol. The summed E-state index contributed by atoms with van der Waals surface area (Å²) in [7, 11) is -3.20. The quantitative estimate of drug-likeness (QED) is 0.497. The first-order chi connectivity index (χ1) is 6.69. The molecule has 9 heteroatoms. The molecule has 15 heavy (non-hydrogen) atoms. The zero-order chi connectivity index (χ0) is 12.5. The second kappa shape index (κ2) is 8.37. The Labute approximate surface area is 85.7 Å². The van der Waals surface area contributed by atoms with Gasteiger partial charge in [-0.3, -0.25) is 14.1 Å². The van der Waals surface area contributed by atoms with Gasteiger partial charge < -0.3 is 20.0 Å². The highest BCUT2D eigenvalue weighted by Crippen LogP contribution is 2.33. The van der Waals surface area contributed by atoms with Crippen LogP contribution in [0.25, 0.3) is 0 Å². The van der Waals surface area contributed by atoms with Crippen LogP contribution >= 0.6 is 7.82 Å². The molecule has 0 unspecified atom stereocenters. The van der Waals surface area contributed by atoms with Gasteiger partial charge in [0.15, 0.2) is 0 Å². The lowest BCUT2D eigenvalue weighted by Gasteiger charge is -1.93. The summed E-state index contributed by atoms with van der Waals surface area (Å²) < 4.78 is 13.1. The fourth-order valence-electron chi connectivity index (χ4n) is 0.391. The van der Waals surface area contributed by atoms with Crippen LogP contribution in [0, 0.1) is 0 Å². The average Bonchev–Trinajstić information content (AvgIpc) is 2.02. The number of rotatable bonds is 5. The Morgan fingerprint density at radius 2 is 1.40 bits per heavy atom. The Balaban J connectivity index is 0. The van der Waals surface area contributed by atoms with Crippen molar-refractivity contribution in [2.24, 2.45) is 0 Å². The number of aliphatic carboxylic acids is 2. The first kappa shape index (κ1) is 16.5. The highest BCUT2D eigenvalue weighted by Gasteiger charge is 2.07. The van der Waals surface area contributed by atoms with Crippen molar-refractivity contribution < 1.29 is 38.7 Å². The van der Waals surface area contributed by atoms with Crippen LogP contribution in [0.3, 0.4) is 0 Å². The summed E-state index contributed by atoms with van der Waals surface area (Å²) in [6, 6.07) is 0. The van der Waals surface area contributed by atoms with E-state index in [9.17, 15) is 14.2 Å². The molecular formula is C6H13O8P. The summed E-state index contributed by atoms with van der Waals surface area (Å²) in [6.07, 6.45) is 0.0866. The van der Waals surface area contributed by atoms with E-state index in [0.29, 0.717) is 0 Å². The molecule has 90 valence electrons. The lowest BCUT2D eigenvalue weighted by Crippen LogP contribution is -1.98. The number of hydrogen-bond donors (Lipinski definition) is 4. The van der Waals surface area contributed by atoms with Gasteiger partial charge in [-0.2, -0.15) is 0 Å². The Hall–Kier alpha value is -0.950. The molecule has 0 aromatic carbocycles. The minimum atomic E-state index is -4.15. The maximum absolute atomic E-state index is 9.79. The molecule has 0 amide bonds. The number of carboxylic acids is 2. The van der Waals surface area contributed by atoms with E-state index in [1.807, 2.05) is 0 Å². The molecule has 0 spiro atoms. The fourth-order valence-corrected chi connectivity index (χ4v) is 0.391. The van der Waals surface area contributed by atoms with Crippen LogP contribution in [0.4, 0.5) is 0 Å². The molecular weight excluding hydrogens is 231 g/mol. The highest BCUT2D eigenvalue weighted by atomic mass is 31.2. The summed E-state index contributed by atoms with van der Waals surface area (Å²) in [5.41, 5.74) is 0. The van der Waals surface area contributed by atoms with E-state index >= 15 is 0 Å². The van der Waals surface area contributed by atoms with Crippen molar-refractivity contribution in [3.63, 3.8) is 0 Å². The largest absolute Gasteiger partial charge is 0.481 e. The maximum Gasteiger partial charge on any atom is 0.469 e. The van der Waals surface area contributed by atoms with E-state index in [0.717, 1.165) is 7.11 Å². The molecule has 0 rings (SSSR count). The molecule has 0 atom stereocenters. The van der Waals surface area contributed by atoms with Crippen molar-refractivity contribution in [2.75, 3.05) is 7.11 Å². The zero-order valence-corrected chi connectivity index (χ0v) is 8.88. The summed E-state index contributed by atoms with van der Waals surface area (Å²) in [6.45, 7) is 0. The van der Waals surface area contributed by atoms with Crippen LogP contribution < -0.4 is 0 Å². The topological polar surface area (TPSA) is 141 Å². The Bertz CT molecular complexity index is 230. The van der Waals surface area contributed by atoms with E-state index in [2.05, 4.69) is 4.52 Å². The van der Waals surface area contributed by atoms with Crippen molar-refractivity contribution >= 4 is 19.8 Å². The van der Waals surface area contributed by atoms with Gasteiger partial charge in [0, 0.05) is 20.0 Å². The Morgan fingerprint density at radius 3 is 1.53 bits per heavy atom. The van der Waals surface area contributed by atoms with E-state index in [1.54, 1.807) is 0 Å². The van der Waals surface area contributed by atoms with Crippen molar-refractivity contribution in [3.05, 3.63) is 0 Å². The number of carboxylic acid groups (broad SMARTS) is 2. The van der Waals surface area contributed by atoms with Crippen LogP contribution in [0.15, 0.2) is 0 Å². The van der Waals surface area contributed by atoms with Gasteiger partial charge in [-0.15, -0.1) is 0 Å². The molecule has 0 heterocycles. The molecule has 0 saturated carbocycles. The smallest absolute Gasteiger partial charge is 0.469 e. The van der Waals surface area contributed by atoms with Crippen LogP contribution in [-0.2, 0) is 18.7 Å². The summed E-state index contributed by atoms with van der Waals surface area (Å²) in [5.74, 6) is -1.90. The van der Waals surface area contributed by atoms with Gasteiger partial charge in [-0.1, -0.05) is 0 Å². The predicted octanol–water partition coefficient (Wildman–Crippen LogP) is 0.0514. The first-order valence-corrected chi connectivity index (χ1v) is 5.27. The molecule has 0 aliphatic heterocycles. The lowest BCUT2D eigenvalue weighted by molar-refractivity contribution is -0.138. The molecule has 0 saturated heterocycles. The fraction of sp³-hybridized carbons (Fsp3) is 0.667. The van der Waals surface area contributed by atoms with Gasteiger partial charge in [0.2, 0.25) is 0 Å². The van der Waals surface area contributed by atoms with E-state index in [1.165, 1.54) is 0 Å². The van der Waals surface area contributed by atoms with Gasteiger partial charge in [0.05, 0.1) is 0 Å². The third-order valence-electron chi connectivity index (χ3n) is 1.02. The minimum absolute atomic E-state index is 0.0632. The SMILES string of the molecule is COP(=O)(O)O.O=C(O)CCCC(=O)O.